The molecule has 5 nitrogen and oxygen atoms in total. The molecule has 0 saturated carbocycles. The fraction of sp³-hybridized carbons (Fsp3) is 0.0500. The molecule has 0 aliphatic rings. The summed E-state index contributed by atoms with van der Waals surface area (Å²) in [5.41, 5.74) is 1.59. The molecule has 2 aromatic carbocycles. The van der Waals surface area contributed by atoms with Crippen LogP contribution in [0, 0.1) is 0 Å². The van der Waals surface area contributed by atoms with Crippen LogP contribution in [0.1, 0.15) is 11.3 Å². The van der Waals surface area contributed by atoms with Gasteiger partial charge in [-0.1, -0.05) is 58.8 Å². The van der Waals surface area contributed by atoms with Gasteiger partial charge >= 0.3 is 5.97 Å². The second-order valence-corrected chi connectivity index (χ2v) is 7.65. The van der Waals surface area contributed by atoms with E-state index in [9.17, 15) is 9.59 Å². The highest BCUT2D eigenvalue weighted by atomic mass is 35.5. The SMILES string of the molecule is O=C(/C=C/c1cccc(Cl)c1Cl)OCc1cc(=O)n2c(n1)sc1ccccc12. The standard InChI is InChI=1S/C20H12Cl2N2O3S/c21-14-5-3-4-12(19(14)22)8-9-18(26)27-11-13-10-17(25)24-15-6-1-2-7-16(15)28-20(24)23-13/h1-10H,11H2/b9-8+. The van der Waals surface area contributed by atoms with Crippen LogP contribution in [0.2, 0.25) is 10.0 Å². The largest absolute Gasteiger partial charge is 0.456 e. The highest BCUT2D eigenvalue weighted by Crippen LogP contribution is 2.26. The van der Waals surface area contributed by atoms with Crippen LogP contribution >= 0.6 is 34.5 Å². The summed E-state index contributed by atoms with van der Waals surface area (Å²) < 4.78 is 7.70. The van der Waals surface area contributed by atoms with Crippen molar-refractivity contribution in [2.24, 2.45) is 0 Å². The van der Waals surface area contributed by atoms with Gasteiger partial charge in [-0.25, -0.2) is 9.78 Å². The zero-order valence-corrected chi connectivity index (χ0v) is 16.6. The fourth-order valence-corrected chi connectivity index (χ4v) is 4.12. The summed E-state index contributed by atoms with van der Waals surface area (Å²) in [5.74, 6) is -0.575. The number of fused-ring (bicyclic) bond motifs is 3. The van der Waals surface area contributed by atoms with Crippen molar-refractivity contribution in [1.29, 1.82) is 0 Å². The van der Waals surface area contributed by atoms with E-state index in [0.29, 0.717) is 26.3 Å². The summed E-state index contributed by atoms with van der Waals surface area (Å²) in [6.45, 7) is -0.105. The lowest BCUT2D eigenvalue weighted by molar-refractivity contribution is -0.139. The second-order valence-electron chi connectivity index (χ2n) is 5.86. The number of benzene rings is 2. The Hall–Kier alpha value is -2.67. The summed E-state index contributed by atoms with van der Waals surface area (Å²) in [4.78, 5) is 29.4. The summed E-state index contributed by atoms with van der Waals surface area (Å²) in [5, 5.41) is 0.761. The molecule has 140 valence electrons. The molecule has 2 aromatic heterocycles. The molecular weight excluding hydrogens is 419 g/mol. The molecular formula is C20H12Cl2N2O3S. The number of aromatic nitrogens is 2. The van der Waals surface area contributed by atoms with Crippen molar-refractivity contribution >= 4 is 61.8 Å². The number of hydrogen-bond donors (Lipinski definition) is 0. The van der Waals surface area contributed by atoms with Crippen LogP contribution < -0.4 is 5.56 Å². The van der Waals surface area contributed by atoms with Crippen LogP contribution in [0.15, 0.2) is 59.4 Å². The Bertz CT molecular complexity index is 1290. The second kappa shape index (κ2) is 7.75. The van der Waals surface area contributed by atoms with Crippen LogP contribution in [0.4, 0.5) is 0 Å². The number of thiazole rings is 1. The summed E-state index contributed by atoms with van der Waals surface area (Å²) in [7, 11) is 0. The fourth-order valence-electron chi connectivity index (χ4n) is 2.70. The summed E-state index contributed by atoms with van der Waals surface area (Å²) >= 11 is 13.4. The van der Waals surface area contributed by atoms with Crippen molar-refractivity contribution in [3.05, 3.63) is 86.3 Å². The topological polar surface area (TPSA) is 60.7 Å². The van der Waals surface area contributed by atoms with Gasteiger partial charge < -0.3 is 4.74 Å². The minimum atomic E-state index is -0.575. The molecule has 2 heterocycles. The third kappa shape index (κ3) is 3.67. The van der Waals surface area contributed by atoms with Crippen molar-refractivity contribution in [2.45, 2.75) is 6.61 Å². The number of esters is 1. The Labute approximate surface area is 173 Å². The van der Waals surface area contributed by atoms with E-state index in [-0.39, 0.29) is 12.2 Å². The van der Waals surface area contributed by atoms with Gasteiger partial charge in [0.1, 0.15) is 6.61 Å². The van der Waals surface area contributed by atoms with Gasteiger partial charge in [-0.05, 0) is 29.8 Å². The molecule has 0 spiro atoms. The molecule has 0 N–H and O–H groups in total. The summed E-state index contributed by atoms with van der Waals surface area (Å²) in [6.07, 6.45) is 2.77. The van der Waals surface area contributed by atoms with Crippen molar-refractivity contribution in [1.82, 2.24) is 9.38 Å². The highest BCUT2D eigenvalue weighted by molar-refractivity contribution is 7.23. The third-order valence-electron chi connectivity index (χ3n) is 3.99. The maximum absolute atomic E-state index is 12.4. The van der Waals surface area contributed by atoms with Gasteiger partial charge in [-0.3, -0.25) is 9.20 Å². The number of ether oxygens (including phenoxy) is 1. The van der Waals surface area contributed by atoms with E-state index in [4.69, 9.17) is 27.9 Å². The lowest BCUT2D eigenvalue weighted by atomic mass is 10.2. The average Bonchev–Trinajstić information content (AvgIpc) is 3.06. The van der Waals surface area contributed by atoms with E-state index in [1.165, 1.54) is 29.6 Å². The average molecular weight is 431 g/mol. The Balaban J connectivity index is 1.51. The number of nitrogens with zero attached hydrogens (tertiary/aromatic N) is 2. The quantitative estimate of drug-likeness (QED) is 0.338. The molecule has 0 aliphatic heterocycles. The molecule has 0 saturated heterocycles. The molecule has 0 atom stereocenters. The molecule has 0 radical (unpaired) electrons. The van der Waals surface area contributed by atoms with Gasteiger partial charge in [0, 0.05) is 12.1 Å². The molecule has 0 aliphatic carbocycles. The Morgan fingerprint density at radius 1 is 1.18 bits per heavy atom. The summed E-state index contributed by atoms with van der Waals surface area (Å²) in [6, 6.07) is 14.1. The van der Waals surface area contributed by atoms with Crippen LogP contribution in [-0.4, -0.2) is 15.4 Å². The smallest absolute Gasteiger partial charge is 0.331 e. The maximum Gasteiger partial charge on any atom is 0.331 e. The van der Waals surface area contributed by atoms with Gasteiger partial charge in [0.2, 0.25) is 0 Å². The van der Waals surface area contributed by atoms with E-state index in [0.717, 1.165) is 10.2 Å². The number of hydrogen-bond acceptors (Lipinski definition) is 5. The Morgan fingerprint density at radius 3 is 2.86 bits per heavy atom. The molecule has 0 fully saturated rings. The van der Waals surface area contributed by atoms with Gasteiger partial charge in [-0.15, -0.1) is 0 Å². The Kier molecular flexibility index (Phi) is 5.17. The lowest BCUT2D eigenvalue weighted by Gasteiger charge is -2.03. The van der Waals surface area contributed by atoms with E-state index in [1.54, 1.807) is 22.6 Å². The van der Waals surface area contributed by atoms with E-state index in [1.807, 2.05) is 24.3 Å². The third-order valence-corrected chi connectivity index (χ3v) is 5.85. The molecule has 8 heteroatoms. The molecule has 28 heavy (non-hydrogen) atoms. The number of carbonyl (C=O) groups is 1. The molecule has 4 rings (SSSR count). The maximum atomic E-state index is 12.4. The first-order valence-electron chi connectivity index (χ1n) is 8.22. The highest BCUT2D eigenvalue weighted by Gasteiger charge is 2.10. The van der Waals surface area contributed by atoms with Crippen LogP contribution in [0.5, 0.6) is 0 Å². The van der Waals surface area contributed by atoms with E-state index >= 15 is 0 Å². The first-order valence-corrected chi connectivity index (χ1v) is 9.79. The van der Waals surface area contributed by atoms with Gasteiger partial charge in [-0.2, -0.15) is 0 Å². The lowest BCUT2D eigenvalue weighted by Crippen LogP contribution is -2.14. The molecule has 0 amide bonds. The van der Waals surface area contributed by atoms with Crippen LogP contribution in [0.25, 0.3) is 21.3 Å². The predicted octanol–water partition coefficient (Wildman–Crippen LogP) is 4.97. The van der Waals surface area contributed by atoms with Crippen LogP contribution in [-0.2, 0) is 16.1 Å². The zero-order valence-electron chi connectivity index (χ0n) is 14.3. The first kappa shape index (κ1) is 18.7. The number of carbonyl (C=O) groups excluding carboxylic acids is 1. The molecule has 4 aromatic rings. The van der Waals surface area contributed by atoms with Crippen molar-refractivity contribution in [3.8, 4) is 0 Å². The number of rotatable bonds is 4. The van der Waals surface area contributed by atoms with Crippen LogP contribution in [0.3, 0.4) is 0 Å². The monoisotopic (exact) mass is 430 g/mol. The predicted molar refractivity (Wildman–Crippen MR) is 112 cm³/mol. The Morgan fingerprint density at radius 2 is 2.00 bits per heavy atom. The number of halogens is 2. The van der Waals surface area contributed by atoms with E-state index < -0.39 is 5.97 Å². The van der Waals surface area contributed by atoms with Crippen molar-refractivity contribution in [2.75, 3.05) is 0 Å². The van der Waals surface area contributed by atoms with Crippen molar-refractivity contribution in [3.63, 3.8) is 0 Å². The van der Waals surface area contributed by atoms with E-state index in [2.05, 4.69) is 4.98 Å². The first-order chi connectivity index (χ1) is 13.5. The van der Waals surface area contributed by atoms with Gasteiger partial charge in [0.05, 0.1) is 26.0 Å². The van der Waals surface area contributed by atoms with Gasteiger partial charge in [0.15, 0.2) is 4.96 Å². The van der Waals surface area contributed by atoms with Crippen molar-refractivity contribution < 1.29 is 9.53 Å². The van der Waals surface area contributed by atoms with Gasteiger partial charge in [0.25, 0.3) is 5.56 Å². The molecule has 0 bridgehead atoms. The minimum absolute atomic E-state index is 0.105. The normalized spacial score (nSPS) is 11.5. The molecule has 0 unspecified atom stereocenters. The number of para-hydroxylation sites is 1. The minimum Gasteiger partial charge on any atom is -0.456 e. The zero-order chi connectivity index (χ0) is 19.7.